The van der Waals surface area contributed by atoms with Gasteiger partial charge in [0.05, 0.1) is 11.8 Å². The number of benzene rings is 1. The standard InChI is InChI=1S/C19H18FN5O3/c1-2-21-19(28)24-15-11-22-16-14(4-3-9-25(16)18(15)27)17(26)23-10-12-5-7-13(20)8-6-12/h3-9,11H,2,10H2,1H3,(H,23,26)(H2,21,24,28). The highest BCUT2D eigenvalue weighted by Gasteiger charge is 2.14. The Morgan fingerprint density at radius 2 is 1.89 bits per heavy atom. The molecule has 2 heterocycles. The van der Waals surface area contributed by atoms with Crippen LogP contribution >= 0.6 is 0 Å². The lowest BCUT2D eigenvalue weighted by Crippen LogP contribution is -2.32. The maximum atomic E-state index is 13.0. The van der Waals surface area contributed by atoms with Crippen LogP contribution in [0.25, 0.3) is 5.65 Å². The summed E-state index contributed by atoms with van der Waals surface area (Å²) in [5.41, 5.74) is 0.571. The fraction of sp³-hybridized carbons (Fsp3) is 0.158. The van der Waals surface area contributed by atoms with E-state index in [2.05, 4.69) is 20.9 Å². The molecule has 0 fully saturated rings. The molecule has 144 valence electrons. The van der Waals surface area contributed by atoms with Gasteiger partial charge in [-0.2, -0.15) is 0 Å². The van der Waals surface area contributed by atoms with Crippen LogP contribution < -0.4 is 21.5 Å². The second kappa shape index (κ2) is 8.30. The molecule has 0 radical (unpaired) electrons. The van der Waals surface area contributed by atoms with E-state index in [1.807, 2.05) is 0 Å². The molecule has 3 amide bonds. The summed E-state index contributed by atoms with van der Waals surface area (Å²) in [6.45, 7) is 2.36. The summed E-state index contributed by atoms with van der Waals surface area (Å²) in [5.74, 6) is -0.788. The zero-order valence-electron chi connectivity index (χ0n) is 15.0. The van der Waals surface area contributed by atoms with Gasteiger partial charge in [0, 0.05) is 19.3 Å². The average Bonchev–Trinajstić information content (AvgIpc) is 2.69. The van der Waals surface area contributed by atoms with Gasteiger partial charge in [-0.05, 0) is 36.8 Å². The zero-order chi connectivity index (χ0) is 20.1. The minimum absolute atomic E-state index is 0.00711. The van der Waals surface area contributed by atoms with E-state index in [9.17, 15) is 18.8 Å². The van der Waals surface area contributed by atoms with Gasteiger partial charge in [-0.3, -0.25) is 14.0 Å². The SMILES string of the molecule is CCNC(=O)Nc1cnc2c(C(=O)NCc3ccc(F)cc3)cccn2c1=O. The number of fused-ring (bicyclic) bond motifs is 1. The topological polar surface area (TPSA) is 105 Å². The molecule has 2 aromatic heterocycles. The van der Waals surface area contributed by atoms with Gasteiger partial charge in [0.1, 0.15) is 11.5 Å². The normalized spacial score (nSPS) is 10.5. The predicted molar refractivity (Wildman–Crippen MR) is 102 cm³/mol. The van der Waals surface area contributed by atoms with E-state index in [0.29, 0.717) is 6.54 Å². The average molecular weight is 383 g/mol. The van der Waals surface area contributed by atoms with Crippen LogP contribution in [0.3, 0.4) is 0 Å². The van der Waals surface area contributed by atoms with Crippen LogP contribution in [0.4, 0.5) is 14.9 Å². The van der Waals surface area contributed by atoms with Crippen LogP contribution in [0.15, 0.2) is 53.6 Å². The Morgan fingerprint density at radius 3 is 2.61 bits per heavy atom. The van der Waals surface area contributed by atoms with E-state index >= 15 is 0 Å². The van der Waals surface area contributed by atoms with Crippen molar-refractivity contribution in [2.75, 3.05) is 11.9 Å². The summed E-state index contributed by atoms with van der Waals surface area (Å²) in [6, 6.07) is 8.32. The number of aromatic nitrogens is 2. The van der Waals surface area contributed by atoms with Crippen LogP contribution in [-0.2, 0) is 6.54 Å². The first-order chi connectivity index (χ1) is 13.5. The molecule has 0 saturated carbocycles. The van der Waals surface area contributed by atoms with Crippen molar-refractivity contribution in [2.24, 2.45) is 0 Å². The Bertz CT molecular complexity index is 1080. The van der Waals surface area contributed by atoms with Crippen molar-refractivity contribution < 1.29 is 14.0 Å². The molecule has 0 spiro atoms. The molecule has 3 N–H and O–H groups in total. The molecule has 1 aromatic carbocycles. The van der Waals surface area contributed by atoms with Crippen molar-refractivity contribution in [1.29, 1.82) is 0 Å². The number of nitrogens with zero attached hydrogens (tertiary/aromatic N) is 2. The molecule has 0 saturated heterocycles. The molecule has 0 aliphatic rings. The van der Waals surface area contributed by atoms with Crippen LogP contribution in [-0.4, -0.2) is 27.9 Å². The molecule has 0 atom stereocenters. The van der Waals surface area contributed by atoms with Gasteiger partial charge in [-0.15, -0.1) is 0 Å². The molecule has 0 bridgehead atoms. The van der Waals surface area contributed by atoms with E-state index in [0.717, 1.165) is 5.56 Å². The van der Waals surface area contributed by atoms with Gasteiger partial charge in [0.15, 0.2) is 5.65 Å². The molecular formula is C19H18FN5O3. The zero-order valence-corrected chi connectivity index (χ0v) is 15.0. The summed E-state index contributed by atoms with van der Waals surface area (Å²) >= 11 is 0. The van der Waals surface area contributed by atoms with Crippen molar-refractivity contribution in [3.05, 3.63) is 76.1 Å². The van der Waals surface area contributed by atoms with Crippen LogP contribution in [0.1, 0.15) is 22.8 Å². The Kier molecular flexibility index (Phi) is 5.64. The first-order valence-corrected chi connectivity index (χ1v) is 8.57. The van der Waals surface area contributed by atoms with Gasteiger partial charge in [-0.1, -0.05) is 12.1 Å². The van der Waals surface area contributed by atoms with Gasteiger partial charge < -0.3 is 16.0 Å². The lowest BCUT2D eigenvalue weighted by molar-refractivity contribution is 0.0952. The highest BCUT2D eigenvalue weighted by Crippen LogP contribution is 2.09. The fourth-order valence-electron chi connectivity index (χ4n) is 2.58. The number of carbonyl (C=O) groups excluding carboxylic acids is 2. The largest absolute Gasteiger partial charge is 0.348 e. The molecule has 9 heteroatoms. The molecule has 0 aliphatic carbocycles. The molecular weight excluding hydrogens is 365 g/mol. The number of nitrogens with one attached hydrogen (secondary N) is 3. The van der Waals surface area contributed by atoms with Crippen molar-refractivity contribution >= 4 is 23.3 Å². The summed E-state index contributed by atoms with van der Waals surface area (Å²) < 4.78 is 14.1. The monoisotopic (exact) mass is 383 g/mol. The van der Waals surface area contributed by atoms with Crippen molar-refractivity contribution in [3.63, 3.8) is 0 Å². The van der Waals surface area contributed by atoms with E-state index in [1.165, 1.54) is 28.9 Å². The number of pyridine rings is 1. The highest BCUT2D eigenvalue weighted by molar-refractivity contribution is 5.99. The number of anilines is 1. The van der Waals surface area contributed by atoms with Gasteiger partial charge in [0.2, 0.25) is 0 Å². The fourth-order valence-corrected chi connectivity index (χ4v) is 2.58. The van der Waals surface area contributed by atoms with Crippen LogP contribution in [0.2, 0.25) is 0 Å². The number of rotatable bonds is 5. The Morgan fingerprint density at radius 1 is 1.14 bits per heavy atom. The smallest absolute Gasteiger partial charge is 0.319 e. The lowest BCUT2D eigenvalue weighted by atomic mass is 10.2. The third-order valence-electron chi connectivity index (χ3n) is 3.93. The minimum Gasteiger partial charge on any atom is -0.348 e. The first-order valence-electron chi connectivity index (χ1n) is 8.57. The van der Waals surface area contributed by atoms with Crippen molar-refractivity contribution in [1.82, 2.24) is 20.0 Å². The van der Waals surface area contributed by atoms with Gasteiger partial charge in [0.25, 0.3) is 11.5 Å². The van der Waals surface area contributed by atoms with E-state index in [4.69, 9.17) is 0 Å². The quantitative estimate of drug-likeness (QED) is 0.626. The van der Waals surface area contributed by atoms with Crippen LogP contribution in [0, 0.1) is 5.82 Å². The third kappa shape index (κ3) is 4.14. The minimum atomic E-state index is -0.519. The molecule has 0 aliphatic heterocycles. The number of hydrogen-bond acceptors (Lipinski definition) is 4. The molecule has 3 rings (SSSR count). The second-order valence-corrected chi connectivity index (χ2v) is 5.89. The summed E-state index contributed by atoms with van der Waals surface area (Å²) in [4.78, 5) is 40.9. The summed E-state index contributed by atoms with van der Waals surface area (Å²) in [7, 11) is 0. The van der Waals surface area contributed by atoms with E-state index in [-0.39, 0.29) is 29.3 Å². The molecule has 28 heavy (non-hydrogen) atoms. The lowest BCUT2D eigenvalue weighted by Gasteiger charge is -2.10. The Hall–Kier alpha value is -3.75. The maximum Gasteiger partial charge on any atom is 0.319 e. The number of hydrogen-bond donors (Lipinski definition) is 3. The first kappa shape index (κ1) is 19.0. The van der Waals surface area contributed by atoms with E-state index in [1.54, 1.807) is 31.2 Å². The number of urea groups is 1. The highest BCUT2D eigenvalue weighted by atomic mass is 19.1. The number of amides is 3. The Labute approximate surface area is 159 Å². The van der Waals surface area contributed by atoms with Crippen molar-refractivity contribution in [3.8, 4) is 0 Å². The molecule has 8 nitrogen and oxygen atoms in total. The van der Waals surface area contributed by atoms with Gasteiger partial charge >= 0.3 is 6.03 Å². The third-order valence-corrected chi connectivity index (χ3v) is 3.93. The summed E-state index contributed by atoms with van der Waals surface area (Å²) in [5, 5.41) is 7.66. The number of halogens is 1. The molecule has 0 unspecified atom stereocenters. The van der Waals surface area contributed by atoms with Crippen molar-refractivity contribution in [2.45, 2.75) is 13.5 Å². The predicted octanol–water partition coefficient (Wildman–Crippen LogP) is 1.91. The maximum absolute atomic E-state index is 13.0. The molecule has 3 aromatic rings. The van der Waals surface area contributed by atoms with Crippen LogP contribution in [0.5, 0.6) is 0 Å². The van der Waals surface area contributed by atoms with Gasteiger partial charge in [-0.25, -0.2) is 14.2 Å². The second-order valence-electron chi connectivity index (χ2n) is 5.89. The summed E-state index contributed by atoms with van der Waals surface area (Å²) in [6.07, 6.45) is 2.67. The number of carbonyl (C=O) groups is 2. The van der Waals surface area contributed by atoms with E-state index < -0.39 is 17.5 Å². The Balaban J connectivity index is 1.84.